The zero-order chi connectivity index (χ0) is 82.5. The van der Waals surface area contributed by atoms with Crippen molar-refractivity contribution in [1.82, 2.24) is 0 Å². The fourth-order valence-corrected chi connectivity index (χ4v) is 15.2. The van der Waals surface area contributed by atoms with E-state index in [1.807, 2.05) is 0 Å². The van der Waals surface area contributed by atoms with Crippen molar-refractivity contribution in [2.75, 3.05) is 113 Å². The van der Waals surface area contributed by atoms with E-state index in [-0.39, 0.29) is 44.0 Å². The second-order valence-corrected chi connectivity index (χ2v) is 38.2. The molecule has 602 valence electrons. The van der Waals surface area contributed by atoms with E-state index in [1.165, 1.54) is 62.6 Å². The fourth-order valence-electron chi connectivity index (χ4n) is 7.59. The second-order valence-electron chi connectivity index (χ2n) is 20.8. The minimum Gasteiger partial charge on any atom is -0.399 e. The van der Waals surface area contributed by atoms with E-state index >= 15 is 0 Å². The molecule has 6 rings (SSSR count). The van der Waals surface area contributed by atoms with Gasteiger partial charge in [0.1, 0.15) is 21.2 Å². The van der Waals surface area contributed by atoms with E-state index in [0.29, 0.717) is 39.7 Å². The van der Waals surface area contributed by atoms with Crippen LogP contribution in [0.2, 0.25) is 0 Å². The number of nitrogen functional groups attached to an aromatic ring is 1. The first kappa shape index (κ1) is 94.6. The lowest BCUT2D eigenvalue weighted by atomic mass is 10.1. The normalized spacial score (nSPS) is 12.8. The zero-order valence-corrected chi connectivity index (χ0v) is 65.1. The average molecular weight is 1730 g/mol. The number of anilines is 2. The number of nitrogens with two attached hydrogens (primary N) is 3. The van der Waals surface area contributed by atoms with Crippen molar-refractivity contribution in [3.05, 3.63) is 133 Å². The molecular weight excluding hydrogens is 1660 g/mol. The molecule has 0 saturated carbocycles. The number of sulfone groups is 4. The van der Waals surface area contributed by atoms with Gasteiger partial charge in [-0.1, -0.05) is 0 Å². The van der Waals surface area contributed by atoms with E-state index in [9.17, 15) is 93.8 Å². The SMILES string of the molecule is CN=Nc1ccc(S(=O)(=O)CCOCS(=O)(=O)O)cc1S(=O)(=O)OC.CN=Nc1ccc(S(=O)(=O)CCOCS(=O)(=O)O)cc1S(=O)(=O)OC.NC(=O)Cc1cc(N)ccc1N=Nc1ccc(S(=O)(=O)CCOCS(=O)(=O)O)cc1.NC(=O)Nc1ccc(N=Nc2ccc(S(=O)(=O)CCOCS(=O)(=O)O)cc2)cc1. The Morgan fingerprint density at radius 2 is 0.679 bits per heavy atom. The van der Waals surface area contributed by atoms with Crippen LogP contribution in [0.25, 0.3) is 0 Å². The first-order chi connectivity index (χ1) is 50.4. The summed E-state index contributed by atoms with van der Waals surface area (Å²) >= 11 is 0. The quantitative estimate of drug-likeness (QED) is 0.00885. The molecule has 0 aliphatic heterocycles. The van der Waals surface area contributed by atoms with Crippen LogP contribution in [-0.2, 0) is 139 Å². The topological polar surface area (TPSA) is 701 Å². The van der Waals surface area contributed by atoms with Crippen molar-refractivity contribution in [2.45, 2.75) is 35.8 Å². The van der Waals surface area contributed by atoms with Gasteiger partial charge in [-0.3, -0.25) is 31.4 Å². The molecule has 0 saturated heterocycles. The highest BCUT2D eigenvalue weighted by atomic mass is 32.2. The molecule has 0 atom stereocenters. The highest BCUT2D eigenvalue weighted by Crippen LogP contribution is 2.32. The summed E-state index contributed by atoms with van der Waals surface area (Å²) in [6.45, 7) is -1.83. The molecule has 0 unspecified atom stereocenters. The summed E-state index contributed by atoms with van der Waals surface area (Å²) in [4.78, 5) is 20.3. The molecule has 0 radical (unpaired) electrons. The summed E-state index contributed by atoms with van der Waals surface area (Å²) in [5, 5.41) is 32.6. The zero-order valence-electron chi connectivity index (χ0n) is 56.9. The average Bonchev–Trinajstić information content (AvgIpc) is 0.719. The van der Waals surface area contributed by atoms with Crippen LogP contribution in [0.3, 0.4) is 0 Å². The van der Waals surface area contributed by atoms with Crippen molar-refractivity contribution in [3.8, 4) is 0 Å². The molecule has 44 nitrogen and oxygen atoms in total. The minimum atomic E-state index is -4.38. The number of hydrogen-bond acceptors (Lipinski definition) is 37. The number of primary amides is 2. The Morgan fingerprint density at radius 3 is 0.972 bits per heavy atom. The molecule has 0 spiro atoms. The van der Waals surface area contributed by atoms with Crippen molar-refractivity contribution in [2.24, 2.45) is 52.4 Å². The predicted molar refractivity (Wildman–Crippen MR) is 384 cm³/mol. The first-order valence-electron chi connectivity index (χ1n) is 29.3. The number of nitrogens with zero attached hydrogens (tertiary/aromatic N) is 8. The van der Waals surface area contributed by atoms with E-state index < -0.39 is 188 Å². The Balaban J connectivity index is 0.000000378. The van der Waals surface area contributed by atoms with Crippen molar-refractivity contribution in [3.63, 3.8) is 0 Å². The lowest BCUT2D eigenvalue weighted by Gasteiger charge is -2.09. The van der Waals surface area contributed by atoms with Gasteiger partial charge in [0, 0.05) is 25.5 Å². The maximum Gasteiger partial charge on any atom is 0.316 e. The molecule has 11 N–H and O–H groups in total. The molecule has 0 aliphatic rings. The minimum absolute atomic E-state index is 0.00813. The van der Waals surface area contributed by atoms with Crippen molar-refractivity contribution >= 4 is 157 Å². The van der Waals surface area contributed by atoms with Gasteiger partial charge in [-0.05, 0) is 133 Å². The maximum absolute atomic E-state index is 12.2. The first-order valence-corrected chi connectivity index (χ1v) is 45.1. The molecule has 6 aromatic rings. The van der Waals surface area contributed by atoms with Crippen LogP contribution >= 0.6 is 0 Å². The van der Waals surface area contributed by atoms with E-state index in [1.54, 1.807) is 42.5 Å². The lowest BCUT2D eigenvalue weighted by molar-refractivity contribution is -0.117. The van der Waals surface area contributed by atoms with Gasteiger partial charge in [0.25, 0.3) is 60.7 Å². The number of carbonyl (C=O) groups is 2. The van der Waals surface area contributed by atoms with Gasteiger partial charge in [0.2, 0.25) is 5.91 Å². The smallest absolute Gasteiger partial charge is 0.316 e. The number of amides is 3. The Hall–Kier alpha value is -8.64. The summed E-state index contributed by atoms with van der Waals surface area (Å²) in [5.74, 6) is -6.80. The van der Waals surface area contributed by atoms with Gasteiger partial charge in [0.05, 0.1) is 112 Å². The maximum atomic E-state index is 12.2. The summed E-state index contributed by atoms with van der Waals surface area (Å²) in [5.41, 5.74) is 18.9. The number of ether oxygens (including phenoxy) is 4. The van der Waals surface area contributed by atoms with Gasteiger partial charge in [0.15, 0.2) is 63.1 Å². The number of carbonyl (C=O) groups excluding carboxylic acids is 2. The largest absolute Gasteiger partial charge is 0.399 e. The Morgan fingerprint density at radius 1 is 0.385 bits per heavy atom. The van der Waals surface area contributed by atoms with Crippen LogP contribution in [0.4, 0.5) is 50.3 Å². The molecule has 0 aromatic heterocycles. The highest BCUT2D eigenvalue weighted by Gasteiger charge is 2.26. The highest BCUT2D eigenvalue weighted by molar-refractivity contribution is 7.92. The van der Waals surface area contributed by atoms with Gasteiger partial charge < -0.3 is 41.5 Å². The number of azo groups is 4. The third kappa shape index (κ3) is 35.7. The summed E-state index contributed by atoms with van der Waals surface area (Å²) in [6.07, 6.45) is -0.0593. The van der Waals surface area contributed by atoms with Gasteiger partial charge in [-0.25, -0.2) is 38.5 Å². The number of benzene rings is 6. The van der Waals surface area contributed by atoms with Gasteiger partial charge in [-0.2, -0.15) is 91.4 Å². The molecule has 0 bridgehead atoms. The summed E-state index contributed by atoms with van der Waals surface area (Å²) in [6, 6.07) is 27.8. The summed E-state index contributed by atoms with van der Waals surface area (Å²) < 4.78 is 291. The van der Waals surface area contributed by atoms with Gasteiger partial charge in [-0.15, -0.1) is 0 Å². The number of hydrogen-bond donors (Lipinski definition) is 8. The van der Waals surface area contributed by atoms with Crippen LogP contribution in [0.15, 0.2) is 198 Å². The van der Waals surface area contributed by atoms with Crippen LogP contribution in [0, 0.1) is 0 Å². The Bertz CT molecular complexity index is 5330. The van der Waals surface area contributed by atoms with Crippen molar-refractivity contribution in [1.29, 1.82) is 0 Å². The van der Waals surface area contributed by atoms with Crippen molar-refractivity contribution < 1.29 is 139 Å². The molecule has 6 aromatic carbocycles. The summed E-state index contributed by atoms with van der Waals surface area (Å²) in [7, 11) is -36.9. The second kappa shape index (κ2) is 42.0. The molecule has 54 heteroatoms. The monoisotopic (exact) mass is 1730 g/mol. The Kier molecular flexibility index (Phi) is 36.4. The van der Waals surface area contributed by atoms with E-state index in [2.05, 4.69) is 73.5 Å². The van der Waals surface area contributed by atoms with E-state index in [0.717, 1.165) is 50.6 Å². The lowest BCUT2D eigenvalue weighted by Crippen LogP contribution is -2.18. The van der Waals surface area contributed by atoms with Crippen LogP contribution in [0.5, 0.6) is 0 Å². The molecule has 0 fully saturated rings. The number of nitrogens with one attached hydrogen (secondary N) is 1. The molecular formula is C55H70N12O32S10. The van der Waals surface area contributed by atoms with Crippen LogP contribution in [-0.4, -0.2) is 216 Å². The molecule has 109 heavy (non-hydrogen) atoms. The standard InChI is InChI=1S/C17H20N4O7S2.C16H18N4O7S2.2C11H16N2O9S3/c18-13-1-6-16(12(9-13)10-17(19)22)21-20-14-2-4-15(5-3-14)29(23,24)8-7-28-11-30(25,26)27;17-16(21)18-12-1-3-13(4-2-12)19-20-14-5-7-15(8-6-14)28(22,23)10-9-27-11-29(24,25)26;2*1-12-13-10-4-3-9(7-11(10)25(19,20)21-2)23(14,15)6-5-22-8-24(16,17)18/h1-6,9H,7-8,10-11,18H2,(H2,19,22)(H,25,26,27);1-8H,9-11H2,(H3,17,18,21)(H,24,25,26);2*3-4,7H,5-6,8H2,1-2H3,(H,16,17,18). The third-order valence-corrected chi connectivity index (χ3v) is 23.6. The van der Waals surface area contributed by atoms with E-state index in [4.69, 9.17) is 35.4 Å². The predicted octanol–water partition coefficient (Wildman–Crippen LogP) is 4.32. The molecule has 0 heterocycles. The number of rotatable bonds is 37. The fraction of sp³-hybridized carbons (Fsp3) is 0.309. The van der Waals surface area contributed by atoms with Crippen LogP contribution in [0.1, 0.15) is 5.56 Å². The Labute approximate surface area is 626 Å². The molecule has 3 amide bonds. The van der Waals surface area contributed by atoms with Crippen LogP contribution < -0.4 is 22.5 Å². The third-order valence-electron chi connectivity index (χ3n) is 12.4. The number of urea groups is 1. The molecule has 0 aliphatic carbocycles. The van der Waals surface area contributed by atoms with Gasteiger partial charge >= 0.3 is 6.03 Å².